The maximum atomic E-state index is 8.07. The molecule has 74 valence electrons. The zero-order valence-corrected chi connectivity index (χ0v) is 8.64. The summed E-state index contributed by atoms with van der Waals surface area (Å²) in [5.41, 5.74) is 0.246. The van der Waals surface area contributed by atoms with Crippen molar-refractivity contribution < 1.29 is 0 Å². The number of amidine groups is 1. The molecule has 2 rings (SSSR count). The summed E-state index contributed by atoms with van der Waals surface area (Å²) in [5, 5.41) is 8.07. The normalized spacial score (nSPS) is 27.4. The Balaban J connectivity index is 1.91. The standard InChI is InChI=1S/C10H19N3/c1-10(3-4-10)9(11)13-7-5-12(2)6-8-13/h11H,3-8H2,1-2H3. The van der Waals surface area contributed by atoms with E-state index in [2.05, 4.69) is 23.8 Å². The third-order valence-electron chi connectivity index (χ3n) is 3.39. The molecule has 0 amide bonds. The van der Waals surface area contributed by atoms with Gasteiger partial charge < -0.3 is 9.80 Å². The minimum absolute atomic E-state index is 0.246. The van der Waals surface area contributed by atoms with E-state index in [1.165, 1.54) is 12.8 Å². The molecule has 2 aliphatic rings. The first-order valence-electron chi connectivity index (χ1n) is 5.14. The lowest BCUT2D eigenvalue weighted by Crippen LogP contribution is -2.48. The predicted molar refractivity (Wildman–Crippen MR) is 54.1 cm³/mol. The molecule has 1 aliphatic heterocycles. The van der Waals surface area contributed by atoms with Gasteiger partial charge in [0.2, 0.25) is 0 Å². The molecule has 3 heteroatoms. The third-order valence-corrected chi connectivity index (χ3v) is 3.39. The van der Waals surface area contributed by atoms with Crippen molar-refractivity contribution in [2.45, 2.75) is 19.8 Å². The van der Waals surface area contributed by atoms with E-state index in [9.17, 15) is 0 Å². The number of hydrogen-bond acceptors (Lipinski definition) is 2. The van der Waals surface area contributed by atoms with Crippen LogP contribution in [0.4, 0.5) is 0 Å². The Hall–Kier alpha value is -0.570. The van der Waals surface area contributed by atoms with Crippen LogP contribution in [0, 0.1) is 10.8 Å². The highest BCUT2D eigenvalue weighted by Crippen LogP contribution is 2.46. The molecule has 0 bridgehead atoms. The molecule has 0 spiro atoms. The highest BCUT2D eigenvalue weighted by molar-refractivity contribution is 5.87. The summed E-state index contributed by atoms with van der Waals surface area (Å²) in [6.07, 6.45) is 2.44. The van der Waals surface area contributed by atoms with E-state index in [4.69, 9.17) is 5.41 Å². The highest BCUT2D eigenvalue weighted by atomic mass is 15.3. The topological polar surface area (TPSA) is 30.3 Å². The average Bonchev–Trinajstić information content (AvgIpc) is 2.85. The minimum atomic E-state index is 0.246. The van der Waals surface area contributed by atoms with Crippen molar-refractivity contribution in [3.05, 3.63) is 0 Å². The fourth-order valence-electron chi connectivity index (χ4n) is 1.84. The first-order chi connectivity index (χ1) is 6.12. The van der Waals surface area contributed by atoms with Gasteiger partial charge in [-0.05, 0) is 19.9 Å². The SMILES string of the molecule is CN1CCN(C(=N)C2(C)CC2)CC1. The Morgan fingerprint density at radius 1 is 1.15 bits per heavy atom. The number of nitrogens with one attached hydrogen (secondary N) is 1. The van der Waals surface area contributed by atoms with Crippen molar-refractivity contribution in [1.82, 2.24) is 9.80 Å². The molecule has 0 aromatic carbocycles. The van der Waals surface area contributed by atoms with Crippen molar-refractivity contribution in [1.29, 1.82) is 5.41 Å². The second kappa shape index (κ2) is 2.98. The maximum absolute atomic E-state index is 8.07. The molecule has 1 aliphatic carbocycles. The fraction of sp³-hybridized carbons (Fsp3) is 0.900. The number of rotatable bonds is 1. The molecule has 0 aromatic rings. The molecule has 1 saturated carbocycles. The summed E-state index contributed by atoms with van der Waals surface area (Å²) in [7, 11) is 2.15. The van der Waals surface area contributed by atoms with Crippen molar-refractivity contribution in [2.24, 2.45) is 5.41 Å². The zero-order valence-electron chi connectivity index (χ0n) is 8.64. The van der Waals surface area contributed by atoms with Crippen LogP contribution >= 0.6 is 0 Å². The quantitative estimate of drug-likeness (QED) is 0.483. The summed E-state index contributed by atoms with van der Waals surface area (Å²) < 4.78 is 0. The van der Waals surface area contributed by atoms with Gasteiger partial charge in [-0.1, -0.05) is 6.92 Å². The molecular weight excluding hydrogens is 162 g/mol. The Kier molecular flexibility index (Phi) is 2.06. The first kappa shape index (κ1) is 9.00. The van der Waals surface area contributed by atoms with Crippen molar-refractivity contribution >= 4 is 5.84 Å². The van der Waals surface area contributed by atoms with E-state index >= 15 is 0 Å². The van der Waals surface area contributed by atoms with Gasteiger partial charge in [0.25, 0.3) is 0 Å². The molecule has 1 saturated heterocycles. The van der Waals surface area contributed by atoms with Crippen LogP contribution in [0.25, 0.3) is 0 Å². The minimum Gasteiger partial charge on any atom is -0.358 e. The lowest BCUT2D eigenvalue weighted by atomic mass is 10.1. The van der Waals surface area contributed by atoms with E-state index in [1.807, 2.05) is 0 Å². The number of nitrogens with zero attached hydrogens (tertiary/aromatic N) is 2. The Morgan fingerprint density at radius 2 is 1.69 bits per heavy atom. The monoisotopic (exact) mass is 181 g/mol. The number of likely N-dealkylation sites (N-methyl/N-ethyl adjacent to an activating group) is 1. The van der Waals surface area contributed by atoms with Gasteiger partial charge in [0.1, 0.15) is 5.84 Å². The molecule has 1 heterocycles. The van der Waals surface area contributed by atoms with E-state index in [-0.39, 0.29) is 5.41 Å². The zero-order chi connectivity index (χ0) is 9.47. The molecule has 13 heavy (non-hydrogen) atoms. The largest absolute Gasteiger partial charge is 0.358 e. The van der Waals surface area contributed by atoms with E-state index < -0.39 is 0 Å². The van der Waals surface area contributed by atoms with Gasteiger partial charge in [0.15, 0.2) is 0 Å². The van der Waals surface area contributed by atoms with Gasteiger partial charge in [-0.15, -0.1) is 0 Å². The van der Waals surface area contributed by atoms with Gasteiger partial charge >= 0.3 is 0 Å². The summed E-state index contributed by atoms with van der Waals surface area (Å²) >= 11 is 0. The molecule has 0 radical (unpaired) electrons. The van der Waals surface area contributed by atoms with Crippen LogP contribution in [0.3, 0.4) is 0 Å². The van der Waals surface area contributed by atoms with Crippen molar-refractivity contribution in [2.75, 3.05) is 33.2 Å². The summed E-state index contributed by atoms with van der Waals surface area (Å²) in [4.78, 5) is 4.59. The van der Waals surface area contributed by atoms with E-state index in [1.54, 1.807) is 0 Å². The lowest BCUT2D eigenvalue weighted by Gasteiger charge is -2.36. The smallest absolute Gasteiger partial charge is 0.102 e. The van der Waals surface area contributed by atoms with Crippen molar-refractivity contribution in [3.8, 4) is 0 Å². The van der Waals surface area contributed by atoms with Crippen molar-refractivity contribution in [3.63, 3.8) is 0 Å². The van der Waals surface area contributed by atoms with E-state index in [0.717, 1.165) is 32.0 Å². The highest BCUT2D eigenvalue weighted by Gasteiger charge is 2.44. The second-order valence-corrected chi connectivity index (χ2v) is 4.70. The van der Waals surface area contributed by atoms with Gasteiger partial charge in [-0.3, -0.25) is 5.41 Å². The molecule has 2 fully saturated rings. The Bertz CT molecular complexity index is 212. The number of hydrogen-bond donors (Lipinski definition) is 1. The summed E-state index contributed by atoms with van der Waals surface area (Å²) in [6, 6.07) is 0. The maximum Gasteiger partial charge on any atom is 0.102 e. The predicted octanol–water partition coefficient (Wildman–Crippen LogP) is 1.01. The molecule has 0 atom stereocenters. The van der Waals surface area contributed by atoms with Crippen LogP contribution in [-0.4, -0.2) is 48.9 Å². The molecule has 0 unspecified atom stereocenters. The Labute approximate surface area is 80.2 Å². The van der Waals surface area contributed by atoms with Crippen LogP contribution in [0.5, 0.6) is 0 Å². The van der Waals surface area contributed by atoms with Gasteiger partial charge in [-0.25, -0.2) is 0 Å². The van der Waals surface area contributed by atoms with Crippen LogP contribution in [0.15, 0.2) is 0 Å². The Morgan fingerprint density at radius 3 is 2.15 bits per heavy atom. The summed E-state index contributed by atoms with van der Waals surface area (Å²) in [6.45, 7) is 6.53. The van der Waals surface area contributed by atoms with Gasteiger partial charge in [0.05, 0.1) is 0 Å². The fourth-order valence-corrected chi connectivity index (χ4v) is 1.84. The van der Waals surface area contributed by atoms with Gasteiger partial charge in [0, 0.05) is 31.6 Å². The third kappa shape index (κ3) is 1.70. The molecule has 3 nitrogen and oxygen atoms in total. The van der Waals surface area contributed by atoms with Crippen LogP contribution in [0.1, 0.15) is 19.8 Å². The lowest BCUT2D eigenvalue weighted by molar-refractivity contribution is 0.208. The van der Waals surface area contributed by atoms with Crippen LogP contribution in [-0.2, 0) is 0 Å². The average molecular weight is 181 g/mol. The molecule has 0 aromatic heterocycles. The molecular formula is C10H19N3. The number of piperazine rings is 1. The summed E-state index contributed by atoms with van der Waals surface area (Å²) in [5.74, 6) is 0.889. The molecule has 1 N–H and O–H groups in total. The van der Waals surface area contributed by atoms with Crippen LogP contribution < -0.4 is 0 Å². The van der Waals surface area contributed by atoms with Gasteiger partial charge in [-0.2, -0.15) is 0 Å². The second-order valence-electron chi connectivity index (χ2n) is 4.70. The van der Waals surface area contributed by atoms with Crippen LogP contribution in [0.2, 0.25) is 0 Å². The first-order valence-corrected chi connectivity index (χ1v) is 5.14. The van der Waals surface area contributed by atoms with E-state index in [0.29, 0.717) is 0 Å².